The Hall–Kier alpha value is -3.64. The van der Waals surface area contributed by atoms with Gasteiger partial charge in [0.15, 0.2) is 22.5 Å². The Labute approximate surface area is 250 Å². The largest absolute Gasteiger partial charge is 0.469 e. The summed E-state index contributed by atoms with van der Waals surface area (Å²) in [6, 6.07) is 1.23. The number of aliphatic imine (C=N–C) groups is 1. The van der Waals surface area contributed by atoms with Crippen LogP contribution in [0.3, 0.4) is 0 Å². The second-order valence-corrected chi connectivity index (χ2v) is 12.0. The number of aromatic nitrogens is 3. The quantitative estimate of drug-likeness (QED) is 0.271. The van der Waals surface area contributed by atoms with Crippen molar-refractivity contribution in [2.75, 3.05) is 13.7 Å². The summed E-state index contributed by atoms with van der Waals surface area (Å²) in [5, 5.41) is 10.0. The van der Waals surface area contributed by atoms with E-state index in [1.807, 2.05) is 6.20 Å². The third kappa shape index (κ3) is 5.69. The van der Waals surface area contributed by atoms with Gasteiger partial charge in [-0.15, -0.1) is 11.3 Å². The summed E-state index contributed by atoms with van der Waals surface area (Å²) in [6.07, 6.45) is 4.85. The van der Waals surface area contributed by atoms with Gasteiger partial charge in [0.05, 0.1) is 43.0 Å². The molecule has 2 aromatic heterocycles. The Morgan fingerprint density at radius 1 is 1.29 bits per heavy atom. The number of hydrogen-bond acceptors (Lipinski definition) is 9. The first kappa shape index (κ1) is 29.8. The monoisotopic (exact) mass is 617 g/mol. The molecule has 0 fully saturated rings. The Morgan fingerprint density at radius 3 is 2.76 bits per heavy atom. The third-order valence-electron chi connectivity index (χ3n) is 7.45. The van der Waals surface area contributed by atoms with E-state index in [4.69, 9.17) is 31.2 Å². The Kier molecular flexibility index (Phi) is 8.47. The number of halogens is 3. The molecule has 0 amide bonds. The van der Waals surface area contributed by atoms with Crippen LogP contribution in [0.1, 0.15) is 61.5 Å². The molecular weight excluding hydrogens is 588 g/mol. The van der Waals surface area contributed by atoms with Gasteiger partial charge in [0.2, 0.25) is 0 Å². The first-order valence-electron chi connectivity index (χ1n) is 13.5. The van der Waals surface area contributed by atoms with Gasteiger partial charge < -0.3 is 14.8 Å². The van der Waals surface area contributed by atoms with Crippen LogP contribution in [0.25, 0.3) is 0 Å². The van der Waals surface area contributed by atoms with E-state index in [0.717, 1.165) is 17.3 Å². The zero-order valence-electron chi connectivity index (χ0n) is 23.5. The summed E-state index contributed by atoms with van der Waals surface area (Å²) >= 11 is 7.67. The molecule has 42 heavy (non-hydrogen) atoms. The zero-order valence-corrected chi connectivity index (χ0v) is 25.1. The van der Waals surface area contributed by atoms with Crippen molar-refractivity contribution in [1.82, 2.24) is 20.1 Å². The van der Waals surface area contributed by atoms with Crippen molar-refractivity contribution in [2.45, 2.75) is 58.0 Å². The van der Waals surface area contributed by atoms with Gasteiger partial charge in [-0.05, 0) is 31.4 Å². The fourth-order valence-corrected chi connectivity index (χ4v) is 6.45. The molecule has 0 bridgehead atoms. The molecule has 2 atom stereocenters. The SMILES string of the molecule is CCOC(=O)C1=C(C2Cc3cn(CCC(=O)OC)nc3C(C)(C)C2)NC(c2nccs2)=NC1c1ccc(F)c(F)c1Cl. The Morgan fingerprint density at radius 2 is 2.07 bits per heavy atom. The fourth-order valence-electron chi connectivity index (χ4n) is 5.61. The van der Waals surface area contributed by atoms with Crippen LogP contribution in [0.4, 0.5) is 8.78 Å². The predicted molar refractivity (Wildman–Crippen MR) is 153 cm³/mol. The molecule has 222 valence electrons. The van der Waals surface area contributed by atoms with E-state index in [9.17, 15) is 18.4 Å². The van der Waals surface area contributed by atoms with E-state index in [2.05, 4.69) is 24.1 Å². The van der Waals surface area contributed by atoms with Crippen LogP contribution in [-0.2, 0) is 37.4 Å². The number of methoxy groups -OCH3 is 1. The first-order valence-corrected chi connectivity index (χ1v) is 14.7. The minimum absolute atomic E-state index is 0.101. The molecule has 13 heteroatoms. The predicted octanol–water partition coefficient (Wildman–Crippen LogP) is 5.28. The summed E-state index contributed by atoms with van der Waals surface area (Å²) in [5.41, 5.74) is 2.34. The Balaban J connectivity index is 1.63. The standard InChI is InChI=1S/C29H30ClF2N5O4S/c1-5-41-28(39)20-23(15-12-16-14-37(10-8-19(38)40-4)36-25(16)29(2,3)13-15)34-26(27-33-9-11-42-27)35-24(20)17-6-7-18(31)22(32)21(17)30/h6-7,9,11,14-15,24H,5,8,10,12-13H2,1-4H3,(H,34,35). The fraction of sp³-hybridized carbons (Fsp3) is 0.414. The summed E-state index contributed by atoms with van der Waals surface area (Å²) in [4.78, 5) is 34.5. The number of benzene rings is 1. The molecule has 0 radical (unpaired) electrons. The van der Waals surface area contributed by atoms with Crippen LogP contribution in [0.15, 0.2) is 46.2 Å². The summed E-state index contributed by atoms with van der Waals surface area (Å²) in [7, 11) is 1.35. The number of aryl methyl sites for hydroxylation is 1. The maximum atomic E-state index is 14.7. The number of nitrogens with one attached hydrogen (secondary N) is 1. The van der Waals surface area contributed by atoms with Gasteiger partial charge >= 0.3 is 11.9 Å². The van der Waals surface area contributed by atoms with Crippen LogP contribution < -0.4 is 5.32 Å². The van der Waals surface area contributed by atoms with Crippen molar-refractivity contribution in [2.24, 2.45) is 10.9 Å². The molecule has 1 aliphatic carbocycles. The van der Waals surface area contributed by atoms with Crippen LogP contribution in [0.2, 0.25) is 5.02 Å². The van der Waals surface area contributed by atoms with Crippen molar-refractivity contribution >= 4 is 40.7 Å². The smallest absolute Gasteiger partial charge is 0.338 e. The van der Waals surface area contributed by atoms with Crippen molar-refractivity contribution in [3.8, 4) is 0 Å². The second-order valence-electron chi connectivity index (χ2n) is 10.7. The van der Waals surface area contributed by atoms with Crippen LogP contribution in [0.5, 0.6) is 0 Å². The molecule has 9 nitrogen and oxygen atoms in total. The molecule has 0 spiro atoms. The van der Waals surface area contributed by atoms with E-state index in [1.54, 1.807) is 23.2 Å². The number of nitrogens with zero attached hydrogens (tertiary/aromatic N) is 4. The molecule has 1 N–H and O–H groups in total. The summed E-state index contributed by atoms with van der Waals surface area (Å²) < 4.78 is 40.7. The van der Waals surface area contributed by atoms with Gasteiger partial charge in [-0.3, -0.25) is 14.5 Å². The summed E-state index contributed by atoms with van der Waals surface area (Å²) in [5.74, 6) is -3.13. The molecule has 1 aromatic carbocycles. The number of esters is 2. The minimum atomic E-state index is -1.22. The van der Waals surface area contributed by atoms with Crippen molar-refractivity contribution < 1.29 is 27.8 Å². The van der Waals surface area contributed by atoms with Crippen molar-refractivity contribution in [3.63, 3.8) is 0 Å². The Bertz CT molecular complexity index is 1580. The van der Waals surface area contributed by atoms with Crippen LogP contribution in [0, 0.1) is 17.6 Å². The van der Waals surface area contributed by atoms with Gasteiger partial charge in [0.1, 0.15) is 6.04 Å². The first-order chi connectivity index (χ1) is 20.0. The number of ether oxygens (including phenoxy) is 2. The lowest BCUT2D eigenvalue weighted by molar-refractivity contribution is -0.141. The van der Waals surface area contributed by atoms with Gasteiger partial charge in [-0.25, -0.2) is 18.6 Å². The third-order valence-corrected chi connectivity index (χ3v) is 8.61. The highest BCUT2D eigenvalue weighted by molar-refractivity contribution is 7.11. The van der Waals surface area contributed by atoms with E-state index in [-0.39, 0.29) is 36.1 Å². The van der Waals surface area contributed by atoms with Gasteiger partial charge in [-0.2, -0.15) is 5.10 Å². The molecule has 0 saturated heterocycles. The highest BCUT2D eigenvalue weighted by Gasteiger charge is 2.42. The van der Waals surface area contributed by atoms with Crippen molar-refractivity contribution in [3.05, 3.63) is 79.7 Å². The van der Waals surface area contributed by atoms with E-state index in [1.165, 1.54) is 24.5 Å². The maximum Gasteiger partial charge on any atom is 0.338 e. The molecule has 3 heterocycles. The number of carbonyl (C=O) groups excluding carboxylic acids is 2. The molecule has 0 saturated carbocycles. The lowest BCUT2D eigenvalue weighted by Crippen LogP contribution is -2.41. The number of allylic oxidation sites excluding steroid dienone is 1. The molecular formula is C29H30ClF2N5O4S. The minimum Gasteiger partial charge on any atom is -0.469 e. The highest BCUT2D eigenvalue weighted by atomic mass is 35.5. The average molecular weight is 618 g/mol. The maximum absolute atomic E-state index is 14.7. The number of fused-ring (bicyclic) bond motifs is 1. The molecule has 2 unspecified atom stereocenters. The number of rotatable bonds is 8. The van der Waals surface area contributed by atoms with E-state index in [0.29, 0.717) is 35.9 Å². The van der Waals surface area contributed by atoms with Gasteiger partial charge in [0.25, 0.3) is 0 Å². The lowest BCUT2D eigenvalue weighted by Gasteiger charge is -2.38. The normalized spacial score (nSPS) is 19.5. The number of thiazole rings is 1. The lowest BCUT2D eigenvalue weighted by atomic mass is 9.69. The number of amidine groups is 1. The van der Waals surface area contributed by atoms with Gasteiger partial charge in [0, 0.05) is 40.4 Å². The number of carbonyl (C=O) groups is 2. The van der Waals surface area contributed by atoms with Crippen LogP contribution in [-0.4, -0.2) is 46.3 Å². The van der Waals surface area contributed by atoms with Crippen molar-refractivity contribution in [1.29, 1.82) is 0 Å². The topological polar surface area (TPSA) is 108 Å². The zero-order chi connectivity index (χ0) is 30.2. The average Bonchev–Trinajstić information content (AvgIpc) is 3.65. The van der Waals surface area contributed by atoms with Gasteiger partial charge in [-0.1, -0.05) is 31.5 Å². The molecule has 1 aliphatic heterocycles. The second kappa shape index (κ2) is 11.9. The summed E-state index contributed by atoms with van der Waals surface area (Å²) in [6.45, 7) is 6.30. The highest BCUT2D eigenvalue weighted by Crippen LogP contribution is 2.45. The molecule has 5 rings (SSSR count). The number of hydrogen-bond donors (Lipinski definition) is 1. The van der Waals surface area contributed by atoms with E-state index >= 15 is 0 Å². The van der Waals surface area contributed by atoms with E-state index < -0.39 is 34.1 Å². The molecule has 2 aliphatic rings. The van der Waals surface area contributed by atoms with Crippen LogP contribution >= 0.6 is 22.9 Å². The molecule has 3 aromatic rings.